The number of rotatable bonds is 0. The third kappa shape index (κ3) is 0.235. The minimum absolute atomic E-state index is 0.697. The van der Waals surface area contributed by atoms with Gasteiger partial charge in [-0.05, 0) is 0 Å². The molecule has 0 nitrogen and oxygen atoms in total. The van der Waals surface area contributed by atoms with Gasteiger partial charge in [0.1, 0.15) is 0 Å². The average Bonchev–Trinajstić information content (AvgIpc) is 2.02. The Hall–Kier alpha value is 0.470. The first-order chi connectivity index (χ1) is 3.47. The summed E-state index contributed by atoms with van der Waals surface area (Å²) in [7, 11) is 0. The van der Waals surface area contributed by atoms with Crippen molar-refractivity contribution in [3.8, 4) is 0 Å². The summed E-state index contributed by atoms with van der Waals surface area (Å²) in [6.07, 6.45) is 1.55. The van der Waals surface area contributed by atoms with Crippen molar-refractivity contribution in [3.05, 3.63) is 11.1 Å². The summed E-state index contributed by atoms with van der Waals surface area (Å²) in [6.45, 7) is 0. The molecule has 7 heavy (non-hydrogen) atoms. The van der Waals surface area contributed by atoms with E-state index in [-0.39, 0.29) is 0 Å². The summed E-state index contributed by atoms with van der Waals surface area (Å²) < 4.78 is 2.85. The van der Waals surface area contributed by atoms with Crippen LogP contribution < -0.4 is 21.2 Å². The molecule has 0 N–H and O–H groups in total. The van der Waals surface area contributed by atoms with Gasteiger partial charge in [-0.15, -0.1) is 0 Å². The first kappa shape index (κ1) is 3.49. The molecule has 1 aliphatic heterocycles. The van der Waals surface area contributed by atoms with Crippen molar-refractivity contribution in [2.75, 3.05) is 4.43 Å². The van der Waals surface area contributed by atoms with E-state index in [1.807, 2.05) is 11.1 Å². The second-order valence-electron chi connectivity index (χ2n) is 2.54. The molecule has 3 aliphatic rings. The minimum atomic E-state index is 0.697. The molecular weight excluding hydrogens is 199 g/mol. The molecule has 2 fully saturated rings. The standard InChI is InChI=1S/C6H6I/c1-3-4-2-7-5(1)6(3)4/h5-6H,1-2H2/q-1. The van der Waals surface area contributed by atoms with Gasteiger partial charge in [-0.2, -0.15) is 0 Å². The Morgan fingerprint density at radius 2 is 2.43 bits per heavy atom. The van der Waals surface area contributed by atoms with Crippen LogP contribution in [0.2, 0.25) is 0 Å². The second kappa shape index (κ2) is 0.809. The van der Waals surface area contributed by atoms with Crippen molar-refractivity contribution < 1.29 is 21.2 Å². The maximum atomic E-state index is 1.91. The van der Waals surface area contributed by atoms with Crippen LogP contribution in [0.15, 0.2) is 11.1 Å². The van der Waals surface area contributed by atoms with E-state index in [4.69, 9.17) is 0 Å². The summed E-state index contributed by atoms with van der Waals surface area (Å²) >= 11 is 0.697. The number of alkyl halides is 2. The van der Waals surface area contributed by atoms with Gasteiger partial charge < -0.3 is 0 Å². The molecule has 0 aromatic rings. The monoisotopic (exact) mass is 205 g/mol. The van der Waals surface area contributed by atoms with E-state index in [2.05, 4.69) is 0 Å². The van der Waals surface area contributed by atoms with Crippen LogP contribution in [0, 0.1) is 5.92 Å². The van der Waals surface area contributed by atoms with Gasteiger partial charge in [-0.3, -0.25) is 0 Å². The Balaban J connectivity index is 2.23. The molecule has 2 aliphatic carbocycles. The molecule has 1 saturated carbocycles. The SMILES string of the molecule is C1[I-]C2CC3=C1C32. The number of hydrogen-bond donors (Lipinski definition) is 0. The van der Waals surface area contributed by atoms with Crippen LogP contribution >= 0.6 is 0 Å². The van der Waals surface area contributed by atoms with Gasteiger partial charge in [0.2, 0.25) is 0 Å². The maximum absolute atomic E-state index is 1.91. The third-order valence-corrected chi connectivity index (χ3v) is 5.83. The van der Waals surface area contributed by atoms with Crippen molar-refractivity contribution in [2.45, 2.75) is 10.3 Å². The summed E-state index contributed by atoms with van der Waals surface area (Å²) in [5.41, 5.74) is 3.80. The van der Waals surface area contributed by atoms with Gasteiger partial charge >= 0.3 is 53.0 Å². The number of allylic oxidation sites excluding steroid dienone is 2. The number of hydrogen-bond acceptors (Lipinski definition) is 0. The van der Waals surface area contributed by atoms with Crippen LogP contribution in [0.3, 0.4) is 0 Å². The van der Waals surface area contributed by atoms with Crippen molar-refractivity contribution >= 4 is 0 Å². The molecule has 0 spiro atoms. The first-order valence-electron chi connectivity index (χ1n) is 2.76. The summed E-state index contributed by atoms with van der Waals surface area (Å²) in [5, 5.41) is 0. The fourth-order valence-corrected chi connectivity index (χ4v) is 5.86. The predicted molar refractivity (Wildman–Crippen MR) is 23.8 cm³/mol. The van der Waals surface area contributed by atoms with Gasteiger partial charge in [0, 0.05) is 0 Å². The Kier molecular flexibility index (Phi) is 0.403. The normalized spacial score (nSPS) is 52.6. The predicted octanol–water partition coefficient (Wildman–Crippen LogP) is -2.21. The van der Waals surface area contributed by atoms with Crippen LogP contribution in [0.5, 0.6) is 0 Å². The fraction of sp³-hybridized carbons (Fsp3) is 0.667. The molecule has 2 unspecified atom stereocenters. The van der Waals surface area contributed by atoms with Crippen LogP contribution in [-0.2, 0) is 0 Å². The molecule has 1 saturated heterocycles. The zero-order chi connectivity index (χ0) is 4.43. The summed E-state index contributed by atoms with van der Waals surface area (Å²) in [6, 6.07) is 0. The van der Waals surface area contributed by atoms with E-state index in [9.17, 15) is 0 Å². The Morgan fingerprint density at radius 3 is 2.57 bits per heavy atom. The Bertz CT molecular complexity index is 169. The average molecular weight is 205 g/mol. The molecule has 0 radical (unpaired) electrons. The van der Waals surface area contributed by atoms with Gasteiger partial charge in [-0.25, -0.2) is 0 Å². The van der Waals surface area contributed by atoms with Gasteiger partial charge in [0.25, 0.3) is 0 Å². The molecule has 0 amide bonds. The van der Waals surface area contributed by atoms with Gasteiger partial charge in [0.05, 0.1) is 0 Å². The molecule has 1 heteroatoms. The van der Waals surface area contributed by atoms with E-state index in [1.165, 1.54) is 3.92 Å². The van der Waals surface area contributed by atoms with Crippen molar-refractivity contribution in [3.63, 3.8) is 0 Å². The van der Waals surface area contributed by atoms with E-state index < -0.39 is 0 Å². The first-order valence-corrected chi connectivity index (χ1v) is 5.53. The number of halogens is 1. The van der Waals surface area contributed by atoms with Crippen LogP contribution in [-0.4, -0.2) is 8.35 Å². The molecular formula is C6H6I-. The molecule has 38 valence electrons. The summed E-state index contributed by atoms with van der Waals surface area (Å²) in [4.78, 5) is 0. The Morgan fingerprint density at radius 1 is 1.43 bits per heavy atom. The third-order valence-electron chi connectivity index (χ3n) is 2.28. The van der Waals surface area contributed by atoms with Crippen LogP contribution in [0.4, 0.5) is 0 Å². The topological polar surface area (TPSA) is 0 Å². The molecule has 3 rings (SSSR count). The van der Waals surface area contributed by atoms with Crippen LogP contribution in [0.1, 0.15) is 6.42 Å². The zero-order valence-electron chi connectivity index (χ0n) is 3.95. The molecule has 0 aromatic carbocycles. The van der Waals surface area contributed by atoms with Crippen molar-refractivity contribution in [1.29, 1.82) is 0 Å². The Labute approximate surface area is 53.2 Å². The van der Waals surface area contributed by atoms with Gasteiger partial charge in [-0.1, -0.05) is 0 Å². The molecule has 2 atom stereocenters. The van der Waals surface area contributed by atoms with E-state index in [0.717, 1.165) is 5.92 Å². The van der Waals surface area contributed by atoms with Crippen molar-refractivity contribution in [2.24, 2.45) is 5.92 Å². The van der Waals surface area contributed by atoms with Gasteiger partial charge in [0.15, 0.2) is 0 Å². The van der Waals surface area contributed by atoms with Crippen LogP contribution in [0.25, 0.3) is 0 Å². The fourth-order valence-electron chi connectivity index (χ4n) is 1.70. The van der Waals surface area contributed by atoms with E-state index >= 15 is 0 Å². The molecule has 1 heterocycles. The second-order valence-corrected chi connectivity index (χ2v) is 5.78. The van der Waals surface area contributed by atoms with E-state index in [1.54, 1.807) is 10.8 Å². The molecule has 0 aromatic heterocycles. The van der Waals surface area contributed by atoms with E-state index in [0.29, 0.717) is 21.2 Å². The quantitative estimate of drug-likeness (QED) is 0.239. The summed E-state index contributed by atoms with van der Waals surface area (Å²) in [5.74, 6) is 1.16. The molecule has 0 bridgehead atoms. The van der Waals surface area contributed by atoms with Crippen molar-refractivity contribution in [1.82, 2.24) is 0 Å². The zero-order valence-corrected chi connectivity index (χ0v) is 6.10.